The second-order valence-corrected chi connectivity index (χ2v) is 5.76. The van der Waals surface area contributed by atoms with Crippen molar-refractivity contribution in [2.75, 3.05) is 19.0 Å². The second kappa shape index (κ2) is 8.60. The zero-order chi connectivity index (χ0) is 16.7. The van der Waals surface area contributed by atoms with Gasteiger partial charge in [0.25, 0.3) is 0 Å². The largest absolute Gasteiger partial charge is 0.493 e. The molecule has 0 bridgehead atoms. The maximum Gasteiger partial charge on any atom is 0.171 e. The number of benzene rings is 2. The lowest BCUT2D eigenvalue weighted by Crippen LogP contribution is -2.39. The average Bonchev–Trinajstić information content (AvgIpc) is 2.55. The van der Waals surface area contributed by atoms with E-state index in [1.54, 1.807) is 13.2 Å². The summed E-state index contributed by atoms with van der Waals surface area (Å²) in [5, 5.41) is 7.34. The molecule has 2 aromatic carbocycles. The van der Waals surface area contributed by atoms with Gasteiger partial charge in [0.05, 0.1) is 23.9 Å². The van der Waals surface area contributed by atoms with Gasteiger partial charge in [-0.25, -0.2) is 0 Å². The van der Waals surface area contributed by atoms with Crippen molar-refractivity contribution >= 4 is 34.6 Å². The summed E-state index contributed by atoms with van der Waals surface area (Å²) in [7, 11) is 1.62. The third-order valence-corrected chi connectivity index (χ3v) is 3.61. The molecule has 0 amide bonds. The predicted octanol–water partition coefficient (Wildman–Crippen LogP) is 4.10. The van der Waals surface area contributed by atoms with Crippen LogP contribution in [0.15, 0.2) is 48.5 Å². The molecule has 0 aliphatic heterocycles. The van der Waals surface area contributed by atoms with Crippen molar-refractivity contribution < 1.29 is 9.47 Å². The lowest BCUT2D eigenvalue weighted by molar-refractivity contribution is 0.270. The van der Waals surface area contributed by atoms with E-state index in [9.17, 15) is 0 Å². The lowest BCUT2D eigenvalue weighted by atomic mass is 10.3. The van der Waals surface area contributed by atoms with E-state index in [-0.39, 0.29) is 6.04 Å². The molecule has 4 nitrogen and oxygen atoms in total. The quantitative estimate of drug-likeness (QED) is 0.768. The van der Waals surface area contributed by atoms with Crippen LogP contribution in [0.2, 0.25) is 5.02 Å². The highest BCUT2D eigenvalue weighted by Gasteiger charge is 2.09. The number of thiocarbonyl (C=S) groups is 1. The van der Waals surface area contributed by atoms with Crippen molar-refractivity contribution in [3.63, 3.8) is 0 Å². The Balaban J connectivity index is 1.83. The minimum Gasteiger partial charge on any atom is -0.493 e. The third-order valence-electron chi connectivity index (χ3n) is 3.06. The fourth-order valence-corrected chi connectivity index (χ4v) is 2.43. The van der Waals surface area contributed by atoms with E-state index in [2.05, 4.69) is 10.6 Å². The Bertz CT molecular complexity index is 667. The Kier molecular flexibility index (Phi) is 6.50. The van der Waals surface area contributed by atoms with Crippen molar-refractivity contribution in [2.45, 2.75) is 13.0 Å². The van der Waals surface area contributed by atoms with Crippen molar-refractivity contribution in [1.29, 1.82) is 0 Å². The highest BCUT2D eigenvalue weighted by atomic mass is 35.5. The Morgan fingerprint density at radius 2 is 1.78 bits per heavy atom. The van der Waals surface area contributed by atoms with Crippen LogP contribution in [0.3, 0.4) is 0 Å². The van der Waals surface area contributed by atoms with Crippen molar-refractivity contribution in [3.05, 3.63) is 53.6 Å². The molecule has 23 heavy (non-hydrogen) atoms. The summed E-state index contributed by atoms with van der Waals surface area (Å²) in [6.45, 7) is 2.43. The number of ether oxygens (including phenoxy) is 2. The summed E-state index contributed by atoms with van der Waals surface area (Å²) in [4.78, 5) is 0. The van der Waals surface area contributed by atoms with E-state index in [0.717, 1.165) is 5.69 Å². The van der Waals surface area contributed by atoms with Crippen LogP contribution in [0.5, 0.6) is 11.5 Å². The maximum absolute atomic E-state index is 6.09. The number of rotatable bonds is 6. The summed E-state index contributed by atoms with van der Waals surface area (Å²) in [5.41, 5.74) is 0.768. The van der Waals surface area contributed by atoms with Crippen molar-refractivity contribution in [2.24, 2.45) is 0 Å². The molecule has 2 aromatic rings. The smallest absolute Gasteiger partial charge is 0.171 e. The fraction of sp³-hybridized carbons (Fsp3) is 0.235. The Labute approximate surface area is 146 Å². The van der Waals surface area contributed by atoms with Gasteiger partial charge < -0.3 is 20.1 Å². The van der Waals surface area contributed by atoms with Crippen LogP contribution in [0, 0.1) is 0 Å². The van der Waals surface area contributed by atoms with Gasteiger partial charge in [0.2, 0.25) is 0 Å². The summed E-state index contributed by atoms with van der Waals surface area (Å²) < 4.78 is 11.0. The topological polar surface area (TPSA) is 42.5 Å². The molecular formula is C17H19ClN2O2S. The molecule has 6 heteroatoms. The SMILES string of the molecule is COc1ccccc1OC[C@@H](C)NC(=S)Nc1ccccc1Cl. The first-order valence-electron chi connectivity index (χ1n) is 7.18. The standard InChI is InChI=1S/C17H19ClN2O2S/c1-12(11-22-16-10-6-5-9-15(16)21-2)19-17(23)20-14-8-4-3-7-13(14)18/h3-10,12H,11H2,1-2H3,(H2,19,20,23)/t12-/m1/s1. The Morgan fingerprint density at radius 3 is 2.48 bits per heavy atom. The summed E-state index contributed by atoms with van der Waals surface area (Å²) in [5.74, 6) is 1.41. The van der Waals surface area contributed by atoms with Gasteiger partial charge in [-0.05, 0) is 43.4 Å². The molecule has 0 aromatic heterocycles. The summed E-state index contributed by atoms with van der Waals surface area (Å²) in [6.07, 6.45) is 0. The molecular weight excluding hydrogens is 332 g/mol. The molecule has 0 saturated carbocycles. The number of halogens is 1. The van der Waals surface area contributed by atoms with Gasteiger partial charge in [0.15, 0.2) is 16.6 Å². The number of methoxy groups -OCH3 is 1. The first kappa shape index (κ1) is 17.4. The molecule has 1 atom stereocenters. The van der Waals surface area contributed by atoms with E-state index < -0.39 is 0 Å². The minimum absolute atomic E-state index is 0.0161. The van der Waals surface area contributed by atoms with E-state index in [1.165, 1.54) is 0 Å². The summed E-state index contributed by atoms with van der Waals surface area (Å²) >= 11 is 11.4. The Morgan fingerprint density at radius 1 is 1.13 bits per heavy atom. The minimum atomic E-state index is 0.0161. The first-order valence-corrected chi connectivity index (χ1v) is 7.96. The molecule has 0 radical (unpaired) electrons. The van der Waals surface area contributed by atoms with Crippen LogP contribution < -0.4 is 20.1 Å². The molecule has 0 saturated heterocycles. The van der Waals surface area contributed by atoms with Gasteiger partial charge in [-0.3, -0.25) is 0 Å². The molecule has 2 rings (SSSR count). The Hall–Kier alpha value is -1.98. The van der Waals surface area contributed by atoms with Gasteiger partial charge in [0, 0.05) is 0 Å². The molecule has 0 aliphatic carbocycles. The number of anilines is 1. The highest BCUT2D eigenvalue weighted by Crippen LogP contribution is 2.25. The van der Waals surface area contributed by atoms with Crippen molar-refractivity contribution in [3.8, 4) is 11.5 Å². The fourth-order valence-electron chi connectivity index (χ4n) is 1.94. The number of nitrogens with one attached hydrogen (secondary N) is 2. The van der Waals surface area contributed by atoms with Crippen molar-refractivity contribution in [1.82, 2.24) is 5.32 Å². The van der Waals surface area contributed by atoms with Crippen LogP contribution >= 0.6 is 23.8 Å². The zero-order valence-corrected chi connectivity index (χ0v) is 14.6. The van der Waals surface area contributed by atoms with E-state index in [1.807, 2.05) is 49.4 Å². The van der Waals surface area contributed by atoms with Crippen LogP contribution in [0.4, 0.5) is 5.69 Å². The van der Waals surface area contributed by atoms with Gasteiger partial charge in [-0.2, -0.15) is 0 Å². The van der Waals surface area contributed by atoms with E-state index in [0.29, 0.717) is 28.2 Å². The second-order valence-electron chi connectivity index (χ2n) is 4.94. The molecule has 2 N–H and O–H groups in total. The van der Waals surface area contributed by atoms with E-state index in [4.69, 9.17) is 33.3 Å². The average molecular weight is 351 g/mol. The number of hydrogen-bond donors (Lipinski definition) is 2. The highest BCUT2D eigenvalue weighted by molar-refractivity contribution is 7.80. The maximum atomic E-state index is 6.09. The molecule has 0 aliphatic rings. The van der Waals surface area contributed by atoms with Crippen LogP contribution in [0.1, 0.15) is 6.92 Å². The molecule has 122 valence electrons. The molecule has 0 unspecified atom stereocenters. The van der Waals surface area contributed by atoms with E-state index >= 15 is 0 Å². The van der Waals surface area contributed by atoms with Crippen LogP contribution in [-0.2, 0) is 0 Å². The van der Waals surface area contributed by atoms with Crippen LogP contribution in [-0.4, -0.2) is 24.9 Å². The molecule has 0 fully saturated rings. The van der Waals surface area contributed by atoms with Crippen LogP contribution in [0.25, 0.3) is 0 Å². The van der Waals surface area contributed by atoms with Gasteiger partial charge in [-0.1, -0.05) is 35.9 Å². The molecule has 0 heterocycles. The predicted molar refractivity (Wildman–Crippen MR) is 98.8 cm³/mol. The monoisotopic (exact) mass is 350 g/mol. The normalized spacial score (nSPS) is 11.4. The van der Waals surface area contributed by atoms with Gasteiger partial charge >= 0.3 is 0 Å². The van der Waals surface area contributed by atoms with Gasteiger partial charge in [-0.15, -0.1) is 0 Å². The first-order chi connectivity index (χ1) is 11.1. The number of hydrogen-bond acceptors (Lipinski definition) is 3. The molecule has 0 spiro atoms. The third kappa shape index (κ3) is 5.30. The number of para-hydroxylation sites is 3. The summed E-state index contributed by atoms with van der Waals surface area (Å²) in [6, 6.07) is 15.0. The lowest BCUT2D eigenvalue weighted by Gasteiger charge is -2.18. The zero-order valence-electron chi connectivity index (χ0n) is 13.0. The van der Waals surface area contributed by atoms with Gasteiger partial charge in [0.1, 0.15) is 6.61 Å².